The smallest absolute Gasteiger partial charge is 0.200 e. The lowest BCUT2D eigenvalue weighted by Crippen LogP contribution is -2.47. The van der Waals surface area contributed by atoms with E-state index in [1.54, 1.807) is 14.2 Å². The third-order valence-corrected chi connectivity index (χ3v) is 10.7. The normalized spacial score (nSPS) is 12.3. The van der Waals surface area contributed by atoms with E-state index in [-0.39, 0.29) is 0 Å². The number of benzene rings is 1. The van der Waals surface area contributed by atoms with Crippen molar-refractivity contribution in [1.29, 1.82) is 0 Å². The molecule has 4 heteroatoms. The topological polar surface area (TPSA) is 27.7 Å². The lowest BCUT2D eigenvalue weighted by Gasteiger charge is -2.42. The molecule has 0 N–H and O–H groups in total. The van der Waals surface area contributed by atoms with Gasteiger partial charge in [-0.05, 0) is 34.3 Å². The summed E-state index contributed by atoms with van der Waals surface area (Å²) in [4.78, 5) is 0. The predicted octanol–water partition coefficient (Wildman–Crippen LogP) is 5.40. The van der Waals surface area contributed by atoms with Gasteiger partial charge in [0, 0.05) is 0 Å². The molecule has 0 fully saturated rings. The van der Waals surface area contributed by atoms with Gasteiger partial charge in [0.25, 0.3) is 0 Å². The molecule has 0 bridgehead atoms. The summed E-state index contributed by atoms with van der Waals surface area (Å²) in [7, 11) is 1.49. The van der Waals surface area contributed by atoms with E-state index in [9.17, 15) is 0 Å². The minimum atomic E-state index is -1.83. The maximum atomic E-state index is 6.62. The molecule has 1 aromatic rings. The molecule has 0 saturated carbocycles. The Kier molecular flexibility index (Phi) is 6.94. The lowest BCUT2D eigenvalue weighted by molar-refractivity contribution is 0.265. The van der Waals surface area contributed by atoms with Crippen molar-refractivity contribution in [2.24, 2.45) is 0 Å². The Bertz CT molecular complexity index is 448. The minimum Gasteiger partial charge on any atom is -0.493 e. The molecular formula is C18H32O3Si. The molecule has 0 radical (unpaired) electrons. The first-order valence-corrected chi connectivity index (χ1v) is 10.3. The monoisotopic (exact) mass is 324 g/mol. The average Bonchev–Trinajstić information content (AvgIpc) is 2.46. The van der Waals surface area contributed by atoms with Crippen LogP contribution in [-0.4, -0.2) is 22.5 Å². The molecule has 0 aromatic heterocycles. The van der Waals surface area contributed by atoms with Crippen molar-refractivity contribution in [2.75, 3.05) is 14.2 Å². The zero-order valence-corrected chi connectivity index (χ0v) is 16.4. The summed E-state index contributed by atoms with van der Waals surface area (Å²) in [6, 6.07) is 6.02. The van der Waals surface area contributed by atoms with Crippen molar-refractivity contribution in [1.82, 2.24) is 0 Å². The van der Waals surface area contributed by atoms with Crippen LogP contribution in [0, 0.1) is 0 Å². The molecule has 0 atom stereocenters. The van der Waals surface area contributed by atoms with E-state index in [2.05, 4.69) is 47.6 Å². The van der Waals surface area contributed by atoms with E-state index in [0.717, 1.165) is 17.1 Å². The number of ether oxygens (including phenoxy) is 2. The third-order valence-electron chi connectivity index (χ3n) is 4.64. The summed E-state index contributed by atoms with van der Waals surface area (Å²) in [6.45, 7) is 14.5. The lowest BCUT2D eigenvalue weighted by atomic mass is 10.2. The molecule has 0 amide bonds. The number of hydrogen-bond acceptors (Lipinski definition) is 3. The molecule has 22 heavy (non-hydrogen) atoms. The maximum absolute atomic E-state index is 6.62. The first kappa shape index (κ1) is 19.0. The standard InChI is InChI=1S/C18H32O3Si/c1-13(2)22(14(3)4,15(5)6)21-12-16-9-10-17(19-7)18(11-16)20-8/h9-11,13-15H,12H2,1-8H3. The number of rotatable bonds is 8. The fourth-order valence-electron chi connectivity index (χ4n) is 3.68. The van der Waals surface area contributed by atoms with E-state index in [0.29, 0.717) is 23.2 Å². The quantitative estimate of drug-likeness (QED) is 0.600. The first-order valence-electron chi connectivity index (χ1n) is 8.14. The van der Waals surface area contributed by atoms with Crippen LogP contribution in [0.5, 0.6) is 11.5 Å². The highest BCUT2D eigenvalue weighted by Gasteiger charge is 2.44. The summed E-state index contributed by atoms with van der Waals surface area (Å²) in [6.07, 6.45) is 0. The van der Waals surface area contributed by atoms with E-state index in [4.69, 9.17) is 13.9 Å². The van der Waals surface area contributed by atoms with Crippen LogP contribution < -0.4 is 9.47 Å². The van der Waals surface area contributed by atoms with Crippen LogP contribution in [0.3, 0.4) is 0 Å². The van der Waals surface area contributed by atoms with Gasteiger partial charge in [-0.25, -0.2) is 0 Å². The van der Waals surface area contributed by atoms with Gasteiger partial charge in [-0.2, -0.15) is 0 Å². The van der Waals surface area contributed by atoms with E-state index in [1.165, 1.54) is 0 Å². The van der Waals surface area contributed by atoms with Crippen LogP contribution in [0.1, 0.15) is 47.1 Å². The van der Waals surface area contributed by atoms with Crippen molar-refractivity contribution >= 4 is 8.32 Å². The molecule has 1 aromatic carbocycles. The highest BCUT2D eigenvalue weighted by Crippen LogP contribution is 2.43. The predicted molar refractivity (Wildman–Crippen MR) is 95.4 cm³/mol. The second-order valence-electron chi connectivity index (χ2n) is 6.80. The Balaban J connectivity index is 2.99. The van der Waals surface area contributed by atoms with Crippen LogP contribution in [0.2, 0.25) is 16.6 Å². The molecule has 0 saturated heterocycles. The maximum Gasteiger partial charge on any atom is 0.200 e. The zero-order chi connectivity index (χ0) is 16.9. The summed E-state index contributed by atoms with van der Waals surface area (Å²) in [5.74, 6) is 1.51. The minimum absolute atomic E-state index is 0.590. The summed E-state index contributed by atoms with van der Waals surface area (Å²) < 4.78 is 17.3. The van der Waals surface area contributed by atoms with Crippen molar-refractivity contribution in [3.63, 3.8) is 0 Å². The molecular weight excluding hydrogens is 292 g/mol. The van der Waals surface area contributed by atoms with Crippen LogP contribution in [0.25, 0.3) is 0 Å². The van der Waals surface area contributed by atoms with Gasteiger partial charge in [-0.1, -0.05) is 47.6 Å². The number of methoxy groups -OCH3 is 2. The summed E-state index contributed by atoms with van der Waals surface area (Å²) >= 11 is 0. The van der Waals surface area contributed by atoms with Gasteiger partial charge in [0.05, 0.1) is 20.8 Å². The van der Waals surface area contributed by atoms with E-state index < -0.39 is 8.32 Å². The summed E-state index contributed by atoms with van der Waals surface area (Å²) in [5.41, 5.74) is 2.91. The van der Waals surface area contributed by atoms with E-state index in [1.807, 2.05) is 12.1 Å². The van der Waals surface area contributed by atoms with Crippen LogP contribution in [0.15, 0.2) is 18.2 Å². The third kappa shape index (κ3) is 3.85. The van der Waals surface area contributed by atoms with Gasteiger partial charge < -0.3 is 13.9 Å². The molecule has 0 spiro atoms. The van der Waals surface area contributed by atoms with Crippen molar-refractivity contribution in [2.45, 2.75) is 64.8 Å². The largest absolute Gasteiger partial charge is 0.493 e. The molecule has 1 rings (SSSR count). The molecule has 0 heterocycles. The average molecular weight is 325 g/mol. The van der Waals surface area contributed by atoms with Gasteiger partial charge >= 0.3 is 0 Å². The van der Waals surface area contributed by atoms with Crippen LogP contribution in [0.4, 0.5) is 0 Å². The van der Waals surface area contributed by atoms with Crippen molar-refractivity contribution in [3.05, 3.63) is 23.8 Å². The molecule has 3 nitrogen and oxygen atoms in total. The fraction of sp³-hybridized carbons (Fsp3) is 0.667. The first-order chi connectivity index (χ1) is 10.3. The van der Waals surface area contributed by atoms with Crippen molar-refractivity contribution in [3.8, 4) is 11.5 Å². The molecule has 0 aliphatic carbocycles. The van der Waals surface area contributed by atoms with Gasteiger partial charge in [0.15, 0.2) is 11.5 Å². The highest BCUT2D eigenvalue weighted by molar-refractivity contribution is 6.77. The Hall–Kier alpha value is -1.00. The Morgan fingerprint density at radius 2 is 1.32 bits per heavy atom. The second-order valence-corrected chi connectivity index (χ2v) is 12.3. The van der Waals surface area contributed by atoms with Gasteiger partial charge in [-0.15, -0.1) is 0 Å². The van der Waals surface area contributed by atoms with Crippen LogP contribution >= 0.6 is 0 Å². The number of hydrogen-bond donors (Lipinski definition) is 0. The van der Waals surface area contributed by atoms with Crippen LogP contribution in [-0.2, 0) is 11.0 Å². The molecule has 0 aliphatic rings. The summed E-state index contributed by atoms with van der Waals surface area (Å²) in [5, 5.41) is 0. The Labute approximate surface area is 137 Å². The Morgan fingerprint density at radius 1 is 0.818 bits per heavy atom. The SMILES string of the molecule is COc1ccc(CO[Si](C(C)C)(C(C)C)C(C)C)cc1OC. The van der Waals surface area contributed by atoms with E-state index >= 15 is 0 Å². The molecule has 0 unspecified atom stereocenters. The van der Waals surface area contributed by atoms with Gasteiger partial charge in [-0.3, -0.25) is 0 Å². The second kappa shape index (κ2) is 8.02. The van der Waals surface area contributed by atoms with Crippen molar-refractivity contribution < 1.29 is 13.9 Å². The highest BCUT2D eigenvalue weighted by atomic mass is 28.4. The zero-order valence-electron chi connectivity index (χ0n) is 15.4. The Morgan fingerprint density at radius 3 is 1.73 bits per heavy atom. The molecule has 0 aliphatic heterocycles. The molecule has 126 valence electrons. The van der Waals surface area contributed by atoms with Gasteiger partial charge in [0.2, 0.25) is 8.32 Å². The fourth-order valence-corrected chi connectivity index (χ4v) is 9.10. The van der Waals surface area contributed by atoms with Gasteiger partial charge in [0.1, 0.15) is 0 Å².